The zero-order chi connectivity index (χ0) is 13.1. The number of rotatable bonds is 5. The van der Waals surface area contributed by atoms with Crippen LogP contribution >= 0.6 is 0 Å². The largest absolute Gasteiger partial charge is 0.480 e. The summed E-state index contributed by atoms with van der Waals surface area (Å²) in [7, 11) is -3.56. The summed E-state index contributed by atoms with van der Waals surface area (Å²) in [5.41, 5.74) is 0. The van der Waals surface area contributed by atoms with Crippen LogP contribution in [0.1, 0.15) is 52.4 Å². The molecule has 0 atom stereocenters. The fourth-order valence-corrected chi connectivity index (χ4v) is 3.61. The van der Waals surface area contributed by atoms with E-state index in [-0.39, 0.29) is 5.75 Å². The van der Waals surface area contributed by atoms with Crippen molar-refractivity contribution in [3.05, 3.63) is 0 Å². The second-order valence-electron chi connectivity index (χ2n) is 5.43. The number of aliphatic carboxylic acids is 1. The molecule has 0 amide bonds. The molecule has 0 aliphatic heterocycles. The maximum Gasteiger partial charge on any atom is 0.324 e. The summed E-state index contributed by atoms with van der Waals surface area (Å²) < 4.78 is 22.2. The first-order chi connectivity index (χ1) is 7.77. The Labute approximate surface area is 103 Å². The molecular weight excluding hydrogens is 240 g/mol. The van der Waals surface area contributed by atoms with Crippen LogP contribution < -0.4 is 0 Å². The maximum atomic E-state index is 12.0. The molecule has 1 saturated carbocycles. The zero-order valence-electron chi connectivity index (χ0n) is 10.6. The van der Waals surface area contributed by atoms with Crippen molar-refractivity contribution >= 4 is 15.8 Å². The molecule has 0 radical (unpaired) electrons. The Kier molecular flexibility index (Phi) is 4.58. The number of hydrogen-bond donors (Lipinski definition) is 1. The minimum absolute atomic E-state index is 0.00301. The topological polar surface area (TPSA) is 71.4 Å². The van der Waals surface area contributed by atoms with Crippen LogP contribution in [0.3, 0.4) is 0 Å². The SMILES string of the molecule is CC(C)(C(=O)O)S(=O)(=O)CCC1CCCCC1. The molecule has 17 heavy (non-hydrogen) atoms. The van der Waals surface area contributed by atoms with E-state index in [9.17, 15) is 13.2 Å². The summed E-state index contributed by atoms with van der Waals surface area (Å²) in [5.74, 6) is -0.805. The summed E-state index contributed by atoms with van der Waals surface area (Å²) >= 11 is 0. The van der Waals surface area contributed by atoms with Gasteiger partial charge in [-0.05, 0) is 26.2 Å². The maximum absolute atomic E-state index is 12.0. The van der Waals surface area contributed by atoms with Gasteiger partial charge in [0.25, 0.3) is 0 Å². The van der Waals surface area contributed by atoms with Gasteiger partial charge in [-0.25, -0.2) is 8.42 Å². The Bertz CT molecular complexity index is 364. The van der Waals surface area contributed by atoms with Gasteiger partial charge in [0.15, 0.2) is 14.6 Å². The molecule has 0 bridgehead atoms. The van der Waals surface area contributed by atoms with Gasteiger partial charge in [-0.1, -0.05) is 32.1 Å². The van der Waals surface area contributed by atoms with Gasteiger partial charge in [0.1, 0.15) is 0 Å². The molecule has 0 aromatic rings. The lowest BCUT2D eigenvalue weighted by Gasteiger charge is -2.24. The molecule has 0 aromatic heterocycles. The third-order valence-corrected chi connectivity index (χ3v) is 6.31. The highest BCUT2D eigenvalue weighted by Crippen LogP contribution is 2.28. The van der Waals surface area contributed by atoms with E-state index in [1.807, 2.05) is 0 Å². The lowest BCUT2D eigenvalue weighted by atomic mass is 9.88. The van der Waals surface area contributed by atoms with Gasteiger partial charge in [0.2, 0.25) is 0 Å². The molecule has 0 heterocycles. The summed E-state index contributed by atoms with van der Waals surface area (Å²) in [5, 5.41) is 8.93. The average molecular weight is 262 g/mol. The van der Waals surface area contributed by atoms with Gasteiger partial charge in [-0.15, -0.1) is 0 Å². The fraction of sp³-hybridized carbons (Fsp3) is 0.917. The first kappa shape index (κ1) is 14.5. The van der Waals surface area contributed by atoms with Crippen LogP contribution in [0.5, 0.6) is 0 Å². The molecule has 1 aliphatic rings. The smallest absolute Gasteiger partial charge is 0.324 e. The molecule has 1 rings (SSSR count). The molecule has 4 nitrogen and oxygen atoms in total. The number of hydrogen-bond acceptors (Lipinski definition) is 3. The molecule has 1 N–H and O–H groups in total. The van der Waals surface area contributed by atoms with Crippen molar-refractivity contribution in [2.24, 2.45) is 5.92 Å². The minimum atomic E-state index is -3.56. The van der Waals surface area contributed by atoms with Crippen LogP contribution in [0.15, 0.2) is 0 Å². The van der Waals surface area contributed by atoms with E-state index in [1.165, 1.54) is 33.1 Å². The van der Waals surface area contributed by atoms with Crippen LogP contribution in [-0.4, -0.2) is 30.0 Å². The number of carboxylic acids is 1. The van der Waals surface area contributed by atoms with Crippen LogP contribution in [0.4, 0.5) is 0 Å². The second-order valence-corrected chi connectivity index (χ2v) is 8.09. The van der Waals surface area contributed by atoms with Crippen LogP contribution in [0.2, 0.25) is 0 Å². The van der Waals surface area contributed by atoms with Crippen molar-refractivity contribution in [3.63, 3.8) is 0 Å². The molecule has 0 saturated heterocycles. The molecule has 1 fully saturated rings. The second kappa shape index (κ2) is 5.38. The van der Waals surface area contributed by atoms with Crippen LogP contribution in [0, 0.1) is 5.92 Å². The van der Waals surface area contributed by atoms with Crippen LogP contribution in [-0.2, 0) is 14.6 Å². The lowest BCUT2D eigenvalue weighted by Crippen LogP contribution is -2.42. The van der Waals surface area contributed by atoms with E-state index < -0.39 is 20.6 Å². The molecular formula is C12H22O4S. The van der Waals surface area contributed by atoms with Crippen molar-refractivity contribution in [1.29, 1.82) is 0 Å². The Morgan fingerprint density at radius 3 is 2.24 bits per heavy atom. The van der Waals surface area contributed by atoms with Gasteiger partial charge in [0, 0.05) is 0 Å². The summed E-state index contributed by atoms with van der Waals surface area (Å²) in [4.78, 5) is 10.9. The van der Waals surface area contributed by atoms with E-state index in [0.29, 0.717) is 12.3 Å². The molecule has 100 valence electrons. The predicted molar refractivity (Wildman–Crippen MR) is 66.7 cm³/mol. The highest BCUT2D eigenvalue weighted by Gasteiger charge is 2.41. The predicted octanol–water partition coefficient (Wildman–Crippen LogP) is 2.23. The highest BCUT2D eigenvalue weighted by molar-refractivity contribution is 7.93. The molecule has 0 aromatic carbocycles. The van der Waals surface area contributed by atoms with Crippen molar-refractivity contribution in [2.75, 3.05) is 5.75 Å². The minimum Gasteiger partial charge on any atom is -0.480 e. The Morgan fingerprint density at radius 1 is 1.24 bits per heavy atom. The van der Waals surface area contributed by atoms with Crippen molar-refractivity contribution in [1.82, 2.24) is 0 Å². The van der Waals surface area contributed by atoms with Crippen LogP contribution in [0.25, 0.3) is 0 Å². The number of carboxylic acid groups (broad SMARTS) is 1. The first-order valence-electron chi connectivity index (χ1n) is 6.23. The third kappa shape index (κ3) is 3.44. The van der Waals surface area contributed by atoms with E-state index in [2.05, 4.69) is 0 Å². The standard InChI is InChI=1S/C12H22O4S/c1-12(2,11(13)14)17(15,16)9-8-10-6-4-3-5-7-10/h10H,3-9H2,1-2H3,(H,13,14). The van der Waals surface area contributed by atoms with Crippen molar-refractivity contribution in [2.45, 2.75) is 57.1 Å². The third-order valence-electron chi connectivity index (χ3n) is 3.81. The van der Waals surface area contributed by atoms with E-state index in [4.69, 9.17) is 5.11 Å². The first-order valence-corrected chi connectivity index (χ1v) is 7.88. The molecule has 0 spiro atoms. The summed E-state index contributed by atoms with van der Waals surface area (Å²) in [6, 6.07) is 0. The van der Waals surface area contributed by atoms with E-state index in [1.54, 1.807) is 0 Å². The monoisotopic (exact) mass is 262 g/mol. The van der Waals surface area contributed by atoms with E-state index in [0.717, 1.165) is 12.8 Å². The average Bonchev–Trinajstić information content (AvgIpc) is 2.27. The van der Waals surface area contributed by atoms with Gasteiger partial charge < -0.3 is 5.11 Å². The molecule has 1 aliphatic carbocycles. The highest BCUT2D eigenvalue weighted by atomic mass is 32.2. The Balaban J connectivity index is 2.58. The van der Waals surface area contributed by atoms with Gasteiger partial charge in [0.05, 0.1) is 5.75 Å². The van der Waals surface area contributed by atoms with Gasteiger partial charge in [-0.2, -0.15) is 0 Å². The zero-order valence-corrected chi connectivity index (χ0v) is 11.4. The summed E-state index contributed by atoms with van der Waals surface area (Å²) in [6.07, 6.45) is 6.37. The molecule has 0 unspecified atom stereocenters. The number of sulfone groups is 1. The van der Waals surface area contributed by atoms with Crippen molar-refractivity contribution in [3.8, 4) is 0 Å². The summed E-state index contributed by atoms with van der Waals surface area (Å²) in [6.45, 7) is 2.54. The normalized spacial score (nSPS) is 19.2. The van der Waals surface area contributed by atoms with Gasteiger partial charge in [-0.3, -0.25) is 4.79 Å². The lowest BCUT2D eigenvalue weighted by molar-refractivity contribution is -0.139. The van der Waals surface area contributed by atoms with Crippen molar-refractivity contribution < 1.29 is 18.3 Å². The number of carbonyl (C=O) groups is 1. The van der Waals surface area contributed by atoms with E-state index >= 15 is 0 Å². The molecule has 5 heteroatoms. The Morgan fingerprint density at radius 2 is 1.76 bits per heavy atom. The Hall–Kier alpha value is -0.580. The fourth-order valence-electron chi connectivity index (χ4n) is 2.19. The quantitative estimate of drug-likeness (QED) is 0.824. The van der Waals surface area contributed by atoms with Gasteiger partial charge >= 0.3 is 5.97 Å².